The number of carbonyl (C=O) groups is 1. The van der Waals surface area contributed by atoms with Crippen molar-refractivity contribution >= 4 is 28.1 Å². The molecule has 2 aromatic carbocycles. The monoisotopic (exact) mass is 393 g/mol. The number of oxazole rings is 1. The van der Waals surface area contributed by atoms with Crippen molar-refractivity contribution in [3.8, 4) is 0 Å². The van der Waals surface area contributed by atoms with Gasteiger partial charge in [-0.15, -0.1) is 0 Å². The second-order valence-corrected chi connectivity index (χ2v) is 6.18. The Balaban J connectivity index is 1.73. The van der Waals surface area contributed by atoms with Crippen molar-refractivity contribution in [1.82, 2.24) is 14.5 Å². The fourth-order valence-electron chi connectivity index (χ4n) is 2.97. The molecule has 0 amide bonds. The molecular formula is C18H11F4N3O3. The summed E-state index contributed by atoms with van der Waals surface area (Å²) in [6, 6.07) is 5.72. The molecule has 0 unspecified atom stereocenters. The average molecular weight is 393 g/mol. The average Bonchev–Trinajstić information content (AvgIpc) is 3.13. The zero-order valence-electron chi connectivity index (χ0n) is 14.2. The fraction of sp³-hybridized carbons (Fsp3) is 0.167. The van der Waals surface area contributed by atoms with E-state index in [-0.39, 0.29) is 29.0 Å². The van der Waals surface area contributed by atoms with Crippen molar-refractivity contribution in [3.05, 3.63) is 59.0 Å². The Morgan fingerprint density at radius 3 is 2.61 bits per heavy atom. The molecule has 10 heteroatoms. The highest BCUT2D eigenvalue weighted by Gasteiger charge is 2.35. The Morgan fingerprint density at radius 1 is 1.18 bits per heavy atom. The number of rotatable bonds is 3. The van der Waals surface area contributed by atoms with Crippen LogP contribution in [-0.2, 0) is 19.6 Å². The predicted octanol–water partition coefficient (Wildman–Crippen LogP) is 4.16. The largest absolute Gasteiger partial charge is 0.478 e. The maximum atomic E-state index is 13.7. The van der Waals surface area contributed by atoms with Crippen LogP contribution >= 0.6 is 0 Å². The molecule has 0 aliphatic rings. The molecule has 0 aliphatic carbocycles. The molecule has 0 spiro atoms. The molecule has 1 N–H and O–H groups in total. The molecule has 144 valence electrons. The van der Waals surface area contributed by atoms with Crippen LogP contribution in [0.15, 0.2) is 34.7 Å². The minimum atomic E-state index is -4.84. The van der Waals surface area contributed by atoms with Gasteiger partial charge in [-0.05, 0) is 24.3 Å². The number of aromatic nitrogens is 3. The highest BCUT2D eigenvalue weighted by atomic mass is 19.4. The lowest BCUT2D eigenvalue weighted by Crippen LogP contribution is -2.07. The lowest BCUT2D eigenvalue weighted by Gasteiger charge is -2.06. The van der Waals surface area contributed by atoms with E-state index in [4.69, 9.17) is 9.52 Å². The zero-order valence-corrected chi connectivity index (χ0v) is 14.2. The Labute approximate surface area is 154 Å². The molecule has 4 aromatic rings. The van der Waals surface area contributed by atoms with E-state index >= 15 is 0 Å². The number of fused-ring (bicyclic) bond motifs is 2. The Bertz CT molecular complexity index is 1240. The summed E-state index contributed by atoms with van der Waals surface area (Å²) >= 11 is 0. The van der Waals surface area contributed by atoms with Gasteiger partial charge in [0.25, 0.3) is 0 Å². The predicted molar refractivity (Wildman–Crippen MR) is 89.4 cm³/mol. The number of halogens is 4. The van der Waals surface area contributed by atoms with Gasteiger partial charge in [0.2, 0.25) is 5.89 Å². The maximum absolute atomic E-state index is 13.7. The standard InChI is InChI=1S/C18H11F4N3O3/c1-25-13-3-2-8(17(26)27)4-11(13)23-15(25)7-16-24-12-6-10(19)9(18(20,21)22)5-14(12)28-16/h2-6H,7H2,1H3,(H,26,27). The summed E-state index contributed by atoms with van der Waals surface area (Å²) in [4.78, 5) is 19.5. The van der Waals surface area contributed by atoms with Crippen molar-refractivity contribution in [2.45, 2.75) is 12.6 Å². The normalized spacial score (nSPS) is 12.2. The number of nitrogens with zero attached hydrogens (tertiary/aromatic N) is 3. The molecule has 4 rings (SSSR count). The van der Waals surface area contributed by atoms with Crippen molar-refractivity contribution in [2.24, 2.45) is 7.05 Å². The van der Waals surface area contributed by atoms with E-state index in [1.807, 2.05) is 0 Å². The lowest BCUT2D eigenvalue weighted by atomic mass is 10.2. The molecule has 0 fully saturated rings. The van der Waals surface area contributed by atoms with Gasteiger partial charge >= 0.3 is 12.1 Å². The number of carboxylic acids is 1. The number of aryl methyl sites for hydroxylation is 1. The number of benzene rings is 2. The van der Waals surface area contributed by atoms with E-state index in [0.29, 0.717) is 29.0 Å². The first-order valence-electron chi connectivity index (χ1n) is 7.98. The van der Waals surface area contributed by atoms with E-state index in [1.165, 1.54) is 12.1 Å². The third kappa shape index (κ3) is 2.96. The van der Waals surface area contributed by atoms with E-state index in [0.717, 1.165) is 0 Å². The van der Waals surface area contributed by atoms with Crippen molar-refractivity contribution < 1.29 is 31.9 Å². The molecule has 0 saturated heterocycles. The fourth-order valence-corrected chi connectivity index (χ4v) is 2.97. The lowest BCUT2D eigenvalue weighted by molar-refractivity contribution is -0.139. The third-order valence-electron chi connectivity index (χ3n) is 4.36. The summed E-state index contributed by atoms with van der Waals surface area (Å²) < 4.78 is 59.2. The second-order valence-electron chi connectivity index (χ2n) is 6.18. The molecule has 0 bridgehead atoms. The first-order valence-corrected chi connectivity index (χ1v) is 7.98. The second kappa shape index (κ2) is 6.04. The smallest absolute Gasteiger partial charge is 0.419 e. The number of hydrogen-bond acceptors (Lipinski definition) is 4. The van der Waals surface area contributed by atoms with E-state index in [2.05, 4.69) is 9.97 Å². The summed E-state index contributed by atoms with van der Waals surface area (Å²) in [5.41, 5.74) is -0.454. The van der Waals surface area contributed by atoms with Crippen LogP contribution in [0.4, 0.5) is 17.6 Å². The van der Waals surface area contributed by atoms with Gasteiger partial charge in [-0.3, -0.25) is 0 Å². The summed E-state index contributed by atoms with van der Waals surface area (Å²) in [7, 11) is 1.70. The molecule has 2 heterocycles. The summed E-state index contributed by atoms with van der Waals surface area (Å²) in [5.74, 6) is -1.99. The summed E-state index contributed by atoms with van der Waals surface area (Å²) in [6.07, 6.45) is -4.81. The van der Waals surface area contributed by atoms with Gasteiger partial charge in [-0.2, -0.15) is 13.2 Å². The van der Waals surface area contributed by atoms with Crippen LogP contribution in [0.2, 0.25) is 0 Å². The molecule has 0 aliphatic heterocycles. The van der Waals surface area contributed by atoms with Crippen molar-refractivity contribution in [2.75, 3.05) is 0 Å². The van der Waals surface area contributed by atoms with Gasteiger partial charge in [0.05, 0.1) is 28.6 Å². The van der Waals surface area contributed by atoms with Gasteiger partial charge in [-0.25, -0.2) is 19.2 Å². The molecule has 6 nitrogen and oxygen atoms in total. The van der Waals surface area contributed by atoms with E-state index in [9.17, 15) is 22.4 Å². The van der Waals surface area contributed by atoms with Crippen LogP contribution in [-0.4, -0.2) is 25.6 Å². The Kier molecular flexibility index (Phi) is 3.88. The van der Waals surface area contributed by atoms with Crippen molar-refractivity contribution in [1.29, 1.82) is 0 Å². The van der Waals surface area contributed by atoms with Gasteiger partial charge in [0, 0.05) is 13.1 Å². The highest BCUT2D eigenvalue weighted by Crippen LogP contribution is 2.34. The SMILES string of the molecule is Cn1c(Cc2nc3cc(F)c(C(F)(F)F)cc3o2)nc2cc(C(=O)O)ccc21. The van der Waals surface area contributed by atoms with Crippen LogP contribution in [0.3, 0.4) is 0 Å². The minimum Gasteiger partial charge on any atom is -0.478 e. The Morgan fingerprint density at radius 2 is 1.93 bits per heavy atom. The minimum absolute atomic E-state index is 0.0330. The maximum Gasteiger partial charge on any atom is 0.419 e. The van der Waals surface area contributed by atoms with Crippen LogP contribution in [0.25, 0.3) is 22.1 Å². The molecule has 28 heavy (non-hydrogen) atoms. The number of imidazole rings is 1. The van der Waals surface area contributed by atoms with Crippen LogP contribution in [0.1, 0.15) is 27.6 Å². The topological polar surface area (TPSA) is 81.2 Å². The van der Waals surface area contributed by atoms with E-state index < -0.39 is 23.5 Å². The highest BCUT2D eigenvalue weighted by molar-refractivity contribution is 5.92. The quantitative estimate of drug-likeness (QED) is 0.529. The first kappa shape index (κ1) is 18.0. The summed E-state index contributed by atoms with van der Waals surface area (Å²) in [5, 5.41) is 9.07. The van der Waals surface area contributed by atoms with Gasteiger partial charge < -0.3 is 14.1 Å². The van der Waals surface area contributed by atoms with Crippen LogP contribution in [0.5, 0.6) is 0 Å². The van der Waals surface area contributed by atoms with Gasteiger partial charge in [0.15, 0.2) is 5.58 Å². The number of hydrogen-bond donors (Lipinski definition) is 1. The number of aromatic carboxylic acids is 1. The number of alkyl halides is 3. The van der Waals surface area contributed by atoms with Crippen molar-refractivity contribution in [3.63, 3.8) is 0 Å². The number of carboxylic acid groups (broad SMARTS) is 1. The molecular weight excluding hydrogens is 382 g/mol. The van der Waals surface area contributed by atoms with Gasteiger partial charge in [-0.1, -0.05) is 0 Å². The third-order valence-corrected chi connectivity index (χ3v) is 4.36. The molecule has 2 aromatic heterocycles. The van der Waals surface area contributed by atoms with E-state index in [1.54, 1.807) is 17.7 Å². The molecule has 0 radical (unpaired) electrons. The van der Waals surface area contributed by atoms with Crippen LogP contribution < -0.4 is 0 Å². The van der Waals surface area contributed by atoms with Crippen LogP contribution in [0, 0.1) is 5.82 Å². The zero-order chi connectivity index (χ0) is 20.2. The molecule has 0 atom stereocenters. The van der Waals surface area contributed by atoms with Gasteiger partial charge in [0.1, 0.15) is 17.2 Å². The summed E-state index contributed by atoms with van der Waals surface area (Å²) in [6.45, 7) is 0. The first-order chi connectivity index (χ1) is 13.1. The molecule has 0 saturated carbocycles. The Hall–Kier alpha value is -3.43.